The molecule has 1 amide bonds. The molecule has 0 radical (unpaired) electrons. The maximum atomic E-state index is 13.2. The number of unbranched alkanes of at least 4 members (excludes halogenated alkanes) is 17. The molecule has 3 N–H and O–H groups in total. The van der Waals surface area contributed by atoms with Crippen LogP contribution in [-0.2, 0) is 24.1 Å². The molecule has 1 aliphatic rings. The number of quaternary nitrogens is 1. The Morgan fingerprint density at radius 2 is 1.38 bits per heavy atom. The van der Waals surface area contributed by atoms with Crippen molar-refractivity contribution in [2.24, 2.45) is 10.2 Å². The fourth-order valence-electron chi connectivity index (χ4n) is 6.13. The van der Waals surface area contributed by atoms with E-state index < -0.39 is 31.8 Å². The monoisotopic (exact) mass is 820 g/mol. The molecule has 0 fully saturated rings. The van der Waals surface area contributed by atoms with Crippen LogP contribution in [0.2, 0.25) is 0 Å². The number of carbonyl (C=O) groups excluding carboxylic acids is 1. The summed E-state index contributed by atoms with van der Waals surface area (Å²) in [5, 5.41) is 20.1. The zero-order valence-electron chi connectivity index (χ0n) is 34.4. The van der Waals surface area contributed by atoms with Crippen molar-refractivity contribution in [2.45, 2.75) is 159 Å². The first-order valence-corrected chi connectivity index (χ1v) is 22.4. The number of nitrogens with zero attached hydrogens (tertiary/aromatic N) is 3. The third kappa shape index (κ3) is 22.0. The van der Waals surface area contributed by atoms with E-state index in [1.807, 2.05) is 27.2 Å². The molecule has 3 atom stereocenters. The van der Waals surface area contributed by atoms with Gasteiger partial charge >= 0.3 is 19.7 Å². The maximum absolute atomic E-state index is 13.2. The number of amides is 1. The zero-order chi connectivity index (χ0) is 41.3. The topological polar surface area (TPSA) is 139 Å². The quantitative estimate of drug-likeness (QED) is 0.0272. The van der Waals surface area contributed by atoms with Gasteiger partial charge in [-0.05, 0) is 37.8 Å². The lowest BCUT2D eigenvalue weighted by Crippen LogP contribution is -2.45. The highest BCUT2D eigenvalue weighted by Gasteiger charge is 2.65. The molecule has 0 bridgehead atoms. The normalized spacial score (nSPS) is 16.2. The highest BCUT2D eigenvalue weighted by molar-refractivity contribution is 7.47. The van der Waals surface area contributed by atoms with Gasteiger partial charge in [-0.2, -0.15) is 13.2 Å². The molecule has 15 heteroatoms. The number of carbonyl (C=O) groups is 1. The first-order valence-electron chi connectivity index (χ1n) is 20.9. The third-order valence-electron chi connectivity index (χ3n) is 9.77. The van der Waals surface area contributed by atoms with E-state index in [2.05, 4.69) is 22.5 Å². The molecule has 0 aromatic heterocycles. The number of ether oxygens (including phenoxy) is 1. The Morgan fingerprint density at radius 1 is 0.839 bits per heavy atom. The summed E-state index contributed by atoms with van der Waals surface area (Å²) in [7, 11) is 1.42. The van der Waals surface area contributed by atoms with E-state index in [1.165, 1.54) is 82.1 Å². The van der Waals surface area contributed by atoms with Crippen molar-refractivity contribution in [2.75, 3.05) is 47.5 Å². The Hall–Kier alpha value is -2.35. The predicted octanol–water partition coefficient (Wildman–Crippen LogP) is 10.3. The van der Waals surface area contributed by atoms with Crippen LogP contribution in [0.4, 0.5) is 13.2 Å². The zero-order valence-corrected chi connectivity index (χ0v) is 35.3. The van der Waals surface area contributed by atoms with Crippen LogP contribution in [0, 0.1) is 0 Å². The average Bonchev–Trinajstić information content (AvgIpc) is 3.95. The number of phosphoric ester groups is 1. The van der Waals surface area contributed by atoms with Crippen molar-refractivity contribution in [1.29, 1.82) is 0 Å². The van der Waals surface area contributed by atoms with Crippen LogP contribution in [-0.4, -0.2) is 86.2 Å². The second kappa shape index (κ2) is 26.6. The molecule has 1 aliphatic heterocycles. The number of alkyl halides is 3. The second-order valence-corrected chi connectivity index (χ2v) is 17.4. The van der Waals surface area contributed by atoms with Gasteiger partial charge in [-0.1, -0.05) is 128 Å². The maximum Gasteiger partial charge on any atom is 0.472 e. The molecule has 1 aromatic rings. The van der Waals surface area contributed by atoms with Crippen molar-refractivity contribution in [3.63, 3.8) is 0 Å². The van der Waals surface area contributed by atoms with Gasteiger partial charge in [-0.15, -0.1) is 10.2 Å². The van der Waals surface area contributed by atoms with E-state index in [-0.39, 0.29) is 31.1 Å². The first kappa shape index (κ1) is 49.8. The lowest BCUT2D eigenvalue weighted by atomic mass is 10.0. The van der Waals surface area contributed by atoms with Gasteiger partial charge in [0.2, 0.25) is 5.91 Å². The van der Waals surface area contributed by atoms with E-state index in [4.69, 9.17) is 13.8 Å². The molecule has 2 rings (SSSR count). The number of halogens is 3. The summed E-state index contributed by atoms with van der Waals surface area (Å²) in [4.78, 5) is 23.1. The number of rotatable bonds is 34. The predicted molar refractivity (Wildman–Crippen MR) is 214 cm³/mol. The Balaban J connectivity index is 1.65. The van der Waals surface area contributed by atoms with Crippen molar-refractivity contribution in [3.8, 4) is 5.75 Å². The number of allylic oxidation sites excluding steroid dienone is 1. The lowest BCUT2D eigenvalue weighted by molar-refractivity contribution is -0.870. The van der Waals surface area contributed by atoms with Crippen LogP contribution in [0.15, 0.2) is 46.6 Å². The van der Waals surface area contributed by atoms with Crippen molar-refractivity contribution < 1.29 is 50.8 Å². The van der Waals surface area contributed by atoms with E-state index in [0.717, 1.165) is 57.8 Å². The Labute approximate surface area is 334 Å². The van der Waals surface area contributed by atoms with E-state index in [1.54, 1.807) is 6.08 Å². The molecule has 0 saturated heterocycles. The van der Waals surface area contributed by atoms with Crippen molar-refractivity contribution in [3.05, 3.63) is 42.0 Å². The summed E-state index contributed by atoms with van der Waals surface area (Å²) >= 11 is 0. The van der Waals surface area contributed by atoms with E-state index in [9.17, 15) is 32.5 Å². The summed E-state index contributed by atoms with van der Waals surface area (Å²) in [5.74, 6) is 0.228. The van der Waals surface area contributed by atoms with Gasteiger partial charge in [0.15, 0.2) is 0 Å². The van der Waals surface area contributed by atoms with Crippen LogP contribution in [0.25, 0.3) is 0 Å². The average molecular weight is 820 g/mol. The SMILES string of the molecule is CCCCCCCCCCCCC/C=C/[C@@H](O)[C@H](COP(=O)(O)OCC[N+](C)(C)C)NC(=O)CCCCCCCCCOc1ccc(C2(C(F)(F)F)N=N2)cc1. The summed E-state index contributed by atoms with van der Waals surface area (Å²) in [6, 6.07) is 4.77. The van der Waals surface area contributed by atoms with Gasteiger partial charge in [0.05, 0.1) is 46.5 Å². The molecule has 0 spiro atoms. The van der Waals surface area contributed by atoms with Gasteiger partial charge in [0.25, 0.3) is 0 Å². The number of hydrogen-bond donors (Lipinski definition) is 3. The minimum atomic E-state index is -4.55. The number of hydrogen-bond acceptors (Lipinski definition) is 8. The number of benzene rings is 1. The van der Waals surface area contributed by atoms with Gasteiger partial charge in [0, 0.05) is 12.0 Å². The van der Waals surface area contributed by atoms with Crippen LogP contribution >= 0.6 is 7.82 Å². The molecule has 0 saturated carbocycles. The van der Waals surface area contributed by atoms with Crippen LogP contribution in [0.1, 0.15) is 141 Å². The largest absolute Gasteiger partial charge is 0.494 e. The summed E-state index contributed by atoms with van der Waals surface area (Å²) in [6.45, 7) is 2.83. The van der Waals surface area contributed by atoms with Crippen LogP contribution < -0.4 is 10.1 Å². The smallest absolute Gasteiger partial charge is 0.472 e. The second-order valence-electron chi connectivity index (χ2n) is 16.0. The minimum Gasteiger partial charge on any atom is -0.494 e. The summed E-state index contributed by atoms with van der Waals surface area (Å²) < 4.78 is 68.6. The highest BCUT2D eigenvalue weighted by Crippen LogP contribution is 2.52. The molecule has 11 nitrogen and oxygen atoms in total. The Kier molecular flexibility index (Phi) is 23.7. The molecule has 322 valence electrons. The first-order chi connectivity index (χ1) is 26.6. The van der Waals surface area contributed by atoms with Gasteiger partial charge in [0.1, 0.15) is 18.9 Å². The standard InChI is InChI=1S/C41H70F3N4O7P/c1-5-6-7-8-9-10-11-12-13-14-16-19-22-25-38(49)37(34-55-56(51,52)54-33-31-48(2,3)4)45-39(50)26-23-20-17-15-18-21-24-32-53-36-29-27-35(28-30-36)40(46-47-40)41(42,43)44/h22,25,27-30,37-38,49H,5-21,23-24,26,31-34H2,1-4H3,(H-,45,50,51,52)/p+1/b25-22+/t37-,38+/m0/s1. The number of likely N-dealkylation sites (N-methyl/N-ethyl adjacent to an activating group) is 1. The Bertz CT molecular complexity index is 1320. The minimum absolute atomic E-state index is 0.0179. The number of phosphoric acid groups is 1. The van der Waals surface area contributed by atoms with Gasteiger partial charge in [-0.25, -0.2) is 4.57 Å². The molecular weight excluding hydrogens is 748 g/mol. The lowest BCUT2D eigenvalue weighted by Gasteiger charge is -2.25. The van der Waals surface area contributed by atoms with Crippen molar-refractivity contribution >= 4 is 13.7 Å². The fourth-order valence-corrected chi connectivity index (χ4v) is 6.87. The number of aliphatic hydroxyl groups is 1. The molecule has 1 unspecified atom stereocenters. The number of aliphatic hydroxyl groups excluding tert-OH is 1. The summed E-state index contributed by atoms with van der Waals surface area (Å²) in [6.07, 6.45) is 18.9. The highest BCUT2D eigenvalue weighted by atomic mass is 31.2. The molecular formula is C41H71F3N4O7P+. The molecule has 1 aromatic carbocycles. The van der Waals surface area contributed by atoms with E-state index >= 15 is 0 Å². The van der Waals surface area contributed by atoms with Gasteiger partial charge in [-0.3, -0.25) is 13.8 Å². The van der Waals surface area contributed by atoms with Gasteiger partial charge < -0.3 is 24.5 Å². The third-order valence-corrected chi connectivity index (χ3v) is 10.8. The number of nitrogens with one attached hydrogen (secondary N) is 1. The molecule has 1 heterocycles. The molecule has 0 aliphatic carbocycles. The van der Waals surface area contributed by atoms with E-state index in [0.29, 0.717) is 29.8 Å². The van der Waals surface area contributed by atoms with Crippen molar-refractivity contribution in [1.82, 2.24) is 5.32 Å². The van der Waals surface area contributed by atoms with Crippen LogP contribution in [0.3, 0.4) is 0 Å². The Morgan fingerprint density at radius 3 is 1.91 bits per heavy atom. The fraction of sp³-hybridized carbons (Fsp3) is 0.780. The van der Waals surface area contributed by atoms with Crippen LogP contribution in [0.5, 0.6) is 5.75 Å². The summed E-state index contributed by atoms with van der Waals surface area (Å²) in [5.41, 5.74) is -2.45. The molecule has 56 heavy (non-hydrogen) atoms.